The Bertz CT molecular complexity index is 905. The number of anilines is 1. The molecule has 6 nitrogen and oxygen atoms in total. The van der Waals surface area contributed by atoms with Crippen LogP contribution in [0.4, 0.5) is 18.9 Å². The van der Waals surface area contributed by atoms with Crippen molar-refractivity contribution in [2.75, 3.05) is 24.5 Å². The van der Waals surface area contributed by atoms with Crippen molar-refractivity contribution in [3.8, 4) is 0 Å². The van der Waals surface area contributed by atoms with Crippen LogP contribution in [-0.4, -0.2) is 51.9 Å². The van der Waals surface area contributed by atoms with Crippen LogP contribution in [0.2, 0.25) is 0 Å². The van der Waals surface area contributed by atoms with Gasteiger partial charge in [-0.05, 0) is 57.0 Å². The van der Waals surface area contributed by atoms with Gasteiger partial charge in [0.15, 0.2) is 0 Å². The number of aromatic nitrogens is 2. The fraction of sp³-hybridized carbons (Fsp3) is 0.524. The molecule has 30 heavy (non-hydrogen) atoms. The van der Waals surface area contributed by atoms with Gasteiger partial charge >= 0.3 is 12.0 Å². The van der Waals surface area contributed by atoms with Crippen LogP contribution in [0.5, 0.6) is 0 Å². The molecule has 162 valence electrons. The largest absolute Gasteiger partial charge is 0.437 e. The summed E-state index contributed by atoms with van der Waals surface area (Å²) >= 11 is 0. The van der Waals surface area contributed by atoms with E-state index in [1.807, 2.05) is 10.7 Å². The lowest BCUT2D eigenvalue weighted by molar-refractivity contribution is -0.293. The Morgan fingerprint density at radius 3 is 2.43 bits per heavy atom. The summed E-state index contributed by atoms with van der Waals surface area (Å²) in [6, 6.07) is 7.19. The summed E-state index contributed by atoms with van der Waals surface area (Å²) in [5, 5.41) is 4.34. The molecule has 1 aromatic heterocycles. The van der Waals surface area contributed by atoms with Gasteiger partial charge in [-0.1, -0.05) is 0 Å². The summed E-state index contributed by atoms with van der Waals surface area (Å²) in [5.74, 6) is -1.90. The van der Waals surface area contributed by atoms with E-state index in [4.69, 9.17) is 4.74 Å². The van der Waals surface area contributed by atoms with E-state index < -0.39 is 23.4 Å². The Hall–Kier alpha value is -2.39. The molecule has 1 amide bonds. The maximum atomic E-state index is 14.5. The van der Waals surface area contributed by atoms with Gasteiger partial charge in [0.2, 0.25) is 0 Å². The summed E-state index contributed by atoms with van der Waals surface area (Å²) in [6.45, 7) is 5.92. The van der Waals surface area contributed by atoms with Crippen molar-refractivity contribution in [3.05, 3.63) is 48.0 Å². The molecule has 0 N–H and O–H groups in total. The van der Waals surface area contributed by atoms with E-state index in [0.717, 1.165) is 22.7 Å². The summed E-state index contributed by atoms with van der Waals surface area (Å²) in [4.78, 5) is 15.5. The molecule has 2 saturated heterocycles. The van der Waals surface area contributed by atoms with Crippen LogP contribution in [0.25, 0.3) is 0 Å². The maximum Gasteiger partial charge on any atom is 0.437 e. The smallest absolute Gasteiger partial charge is 0.304 e. The van der Waals surface area contributed by atoms with Gasteiger partial charge in [-0.3, -0.25) is 14.4 Å². The molecule has 0 atom stereocenters. The van der Waals surface area contributed by atoms with E-state index in [1.165, 1.54) is 12.1 Å². The average molecular weight is 422 g/mol. The first-order valence-electron chi connectivity index (χ1n) is 10.1. The lowest BCUT2D eigenvalue weighted by atomic mass is 9.88. The highest BCUT2D eigenvalue weighted by molar-refractivity contribution is 5.98. The van der Waals surface area contributed by atoms with Crippen molar-refractivity contribution in [2.24, 2.45) is 0 Å². The van der Waals surface area contributed by atoms with Crippen molar-refractivity contribution < 1.29 is 22.7 Å². The van der Waals surface area contributed by atoms with Gasteiger partial charge in [0.05, 0.1) is 17.8 Å². The summed E-state index contributed by atoms with van der Waals surface area (Å²) in [7, 11) is 0. The van der Waals surface area contributed by atoms with Crippen molar-refractivity contribution >= 4 is 11.6 Å². The molecule has 0 radical (unpaired) electrons. The van der Waals surface area contributed by atoms with E-state index in [0.29, 0.717) is 32.5 Å². The van der Waals surface area contributed by atoms with E-state index in [-0.39, 0.29) is 18.3 Å². The maximum absolute atomic E-state index is 14.5. The fourth-order valence-corrected chi connectivity index (χ4v) is 4.23. The number of hydrogen-bond acceptors (Lipinski definition) is 4. The number of likely N-dealkylation sites (tertiary alicyclic amines) is 1. The van der Waals surface area contributed by atoms with Crippen molar-refractivity contribution in [1.29, 1.82) is 0 Å². The molecular weight excluding hydrogens is 397 g/mol. The van der Waals surface area contributed by atoms with E-state index in [1.54, 1.807) is 6.20 Å². The number of carbonyl (C=O) groups is 1. The number of morpholine rings is 1. The van der Waals surface area contributed by atoms with Gasteiger partial charge in [0.25, 0.3) is 0 Å². The van der Waals surface area contributed by atoms with Crippen molar-refractivity contribution in [1.82, 2.24) is 14.7 Å². The lowest BCUT2D eigenvalue weighted by Gasteiger charge is -2.48. The van der Waals surface area contributed by atoms with Gasteiger partial charge in [0.1, 0.15) is 5.82 Å². The predicted molar refractivity (Wildman–Crippen MR) is 105 cm³/mol. The van der Waals surface area contributed by atoms with Gasteiger partial charge in [-0.15, -0.1) is 0 Å². The Morgan fingerprint density at radius 1 is 1.13 bits per heavy atom. The number of rotatable bonds is 4. The second-order valence-electron chi connectivity index (χ2n) is 8.31. The molecule has 9 heteroatoms. The third-order valence-corrected chi connectivity index (χ3v) is 5.82. The van der Waals surface area contributed by atoms with Crippen LogP contribution >= 0.6 is 0 Å². The number of nitrogens with zero attached hydrogens (tertiary/aromatic N) is 4. The predicted octanol–water partition coefficient (Wildman–Crippen LogP) is 3.59. The Morgan fingerprint density at radius 2 is 1.80 bits per heavy atom. The third-order valence-electron chi connectivity index (χ3n) is 5.82. The van der Waals surface area contributed by atoms with Gasteiger partial charge in [-0.2, -0.15) is 13.9 Å². The number of halogens is 3. The first-order valence-corrected chi connectivity index (χ1v) is 10.1. The van der Waals surface area contributed by atoms with Crippen LogP contribution in [0.15, 0.2) is 36.5 Å². The second kappa shape index (κ2) is 7.70. The highest BCUT2D eigenvalue weighted by Gasteiger charge is 2.57. The summed E-state index contributed by atoms with van der Waals surface area (Å²) < 4.78 is 49.2. The summed E-state index contributed by atoms with van der Waals surface area (Å²) in [5.41, 5.74) is 0.173. The Balaban J connectivity index is 1.48. The number of amides is 1. The Kier molecular flexibility index (Phi) is 5.36. The van der Waals surface area contributed by atoms with Crippen molar-refractivity contribution in [3.63, 3.8) is 0 Å². The zero-order valence-corrected chi connectivity index (χ0v) is 17.0. The zero-order valence-electron chi connectivity index (χ0n) is 17.0. The molecule has 3 heterocycles. The van der Waals surface area contributed by atoms with E-state index >= 15 is 0 Å². The quantitative estimate of drug-likeness (QED) is 0.756. The molecule has 2 aliphatic heterocycles. The van der Waals surface area contributed by atoms with E-state index in [9.17, 15) is 18.0 Å². The van der Waals surface area contributed by atoms with Crippen LogP contribution in [0.3, 0.4) is 0 Å². The lowest BCUT2D eigenvalue weighted by Crippen LogP contribution is -2.64. The number of piperidine rings is 1. The minimum absolute atomic E-state index is 0.0187. The van der Waals surface area contributed by atoms with Gasteiger partial charge < -0.3 is 9.64 Å². The number of benzene rings is 1. The highest BCUT2D eigenvalue weighted by atomic mass is 19.3. The second-order valence-corrected chi connectivity index (χ2v) is 8.31. The molecule has 2 fully saturated rings. The molecule has 2 aromatic rings. The average Bonchev–Trinajstić information content (AvgIpc) is 3.16. The molecule has 1 spiro atoms. The van der Waals surface area contributed by atoms with E-state index in [2.05, 4.69) is 23.8 Å². The minimum Gasteiger partial charge on any atom is -0.304 e. The molecule has 2 aliphatic rings. The third kappa shape index (κ3) is 3.96. The van der Waals surface area contributed by atoms with Crippen LogP contribution in [0.1, 0.15) is 38.4 Å². The molecular formula is C21H25F3N4O2. The monoisotopic (exact) mass is 422 g/mol. The molecule has 0 saturated carbocycles. The van der Waals surface area contributed by atoms with Gasteiger partial charge in [0, 0.05) is 37.6 Å². The fourth-order valence-electron chi connectivity index (χ4n) is 4.23. The number of carbonyl (C=O) groups excluding carboxylic acids is 1. The molecule has 0 aliphatic carbocycles. The molecule has 4 rings (SSSR count). The molecule has 0 bridgehead atoms. The first-order chi connectivity index (χ1) is 14.2. The SMILES string of the molecule is CC(C)n1nccc1CN1CCC2(CC1)CN(c1ccc(F)cc1)C(=O)C(F)(F)O2. The molecule has 0 unspecified atom stereocenters. The summed E-state index contributed by atoms with van der Waals surface area (Å²) in [6.07, 6.45) is -1.42. The normalized spacial score (nSPS) is 21.5. The highest BCUT2D eigenvalue weighted by Crippen LogP contribution is 2.40. The first kappa shape index (κ1) is 20.9. The van der Waals surface area contributed by atoms with Crippen molar-refractivity contribution in [2.45, 2.75) is 51.0 Å². The molecule has 1 aromatic carbocycles. The number of hydrogen-bond donors (Lipinski definition) is 0. The number of ether oxygens (including phenoxy) is 1. The Labute approximate surface area is 173 Å². The standard InChI is InChI=1S/C21H25F3N4O2/c1-15(2)28-18(7-10-25-28)13-26-11-8-20(9-12-26)14-27(19(29)21(23,24)30-20)17-5-3-16(22)4-6-17/h3-7,10,15H,8-9,11-14H2,1-2H3. The minimum atomic E-state index is -3.91. The number of alkyl halides is 2. The zero-order chi connectivity index (χ0) is 21.5. The van der Waals surface area contributed by atoms with Crippen LogP contribution in [-0.2, 0) is 16.1 Å². The van der Waals surface area contributed by atoms with Crippen LogP contribution in [0, 0.1) is 5.82 Å². The topological polar surface area (TPSA) is 50.6 Å². The van der Waals surface area contributed by atoms with Gasteiger partial charge in [-0.25, -0.2) is 4.39 Å². The van der Waals surface area contributed by atoms with Crippen LogP contribution < -0.4 is 4.90 Å².